The summed E-state index contributed by atoms with van der Waals surface area (Å²) in [6.45, 7) is 1.95. The first-order chi connectivity index (χ1) is 13.0. The molecule has 0 spiro atoms. The van der Waals surface area contributed by atoms with Crippen LogP contribution >= 0.6 is 11.8 Å². The molecule has 1 saturated heterocycles. The Labute approximate surface area is 161 Å². The second-order valence-corrected chi connectivity index (χ2v) is 6.80. The quantitative estimate of drug-likeness (QED) is 0.717. The standard InChI is InChI=1S/C20H19NO5S/c1-12-5-7-14(8-6-12)21-19(22)17(27-20(21)23)11-13-9-15(24-2)18(26-4)16(10-13)25-3/h5-11H,1-4H3/b17-11-. The van der Waals surface area contributed by atoms with Gasteiger partial charge in [0.1, 0.15) is 0 Å². The van der Waals surface area contributed by atoms with Crippen LogP contribution in [-0.4, -0.2) is 32.5 Å². The maximum atomic E-state index is 12.8. The predicted octanol–water partition coefficient (Wildman–Crippen LogP) is 4.26. The van der Waals surface area contributed by atoms with E-state index >= 15 is 0 Å². The van der Waals surface area contributed by atoms with Gasteiger partial charge in [-0.05, 0) is 54.6 Å². The molecule has 1 fully saturated rings. The van der Waals surface area contributed by atoms with E-state index < -0.39 is 0 Å². The molecule has 0 saturated carbocycles. The van der Waals surface area contributed by atoms with E-state index in [1.54, 1.807) is 30.3 Å². The molecule has 140 valence electrons. The number of anilines is 1. The molecule has 0 aromatic heterocycles. The molecule has 1 heterocycles. The van der Waals surface area contributed by atoms with E-state index in [2.05, 4.69) is 0 Å². The molecule has 2 amide bonds. The number of amides is 2. The SMILES string of the molecule is COc1cc(/C=C2\SC(=O)N(c3ccc(C)cc3)C2=O)cc(OC)c1OC. The van der Waals surface area contributed by atoms with Crippen LogP contribution in [0.3, 0.4) is 0 Å². The summed E-state index contributed by atoms with van der Waals surface area (Å²) in [5.41, 5.74) is 2.27. The number of aryl methyl sites for hydroxylation is 1. The van der Waals surface area contributed by atoms with Gasteiger partial charge in [-0.25, -0.2) is 4.90 Å². The van der Waals surface area contributed by atoms with Crippen molar-refractivity contribution in [1.82, 2.24) is 0 Å². The lowest BCUT2D eigenvalue weighted by Crippen LogP contribution is -2.27. The highest BCUT2D eigenvalue weighted by atomic mass is 32.2. The Bertz CT molecular complexity index is 895. The summed E-state index contributed by atoms with van der Waals surface area (Å²) in [7, 11) is 4.56. The molecule has 3 rings (SSSR count). The van der Waals surface area contributed by atoms with Crippen LogP contribution in [0, 0.1) is 6.92 Å². The highest BCUT2D eigenvalue weighted by molar-refractivity contribution is 8.19. The van der Waals surface area contributed by atoms with Gasteiger partial charge in [-0.3, -0.25) is 9.59 Å². The van der Waals surface area contributed by atoms with Crippen molar-refractivity contribution < 1.29 is 23.8 Å². The fourth-order valence-electron chi connectivity index (χ4n) is 2.72. The van der Waals surface area contributed by atoms with Crippen LogP contribution in [-0.2, 0) is 4.79 Å². The lowest BCUT2D eigenvalue weighted by Gasteiger charge is -2.13. The summed E-state index contributed by atoms with van der Waals surface area (Å²) in [6.07, 6.45) is 1.64. The van der Waals surface area contributed by atoms with Crippen LogP contribution in [0.1, 0.15) is 11.1 Å². The van der Waals surface area contributed by atoms with Gasteiger partial charge in [-0.15, -0.1) is 0 Å². The number of benzene rings is 2. The zero-order chi connectivity index (χ0) is 19.6. The maximum absolute atomic E-state index is 12.8. The molecule has 0 bridgehead atoms. The first-order valence-corrected chi connectivity index (χ1v) is 8.94. The molecule has 0 N–H and O–H groups in total. The van der Waals surface area contributed by atoms with Gasteiger partial charge < -0.3 is 14.2 Å². The zero-order valence-corrected chi connectivity index (χ0v) is 16.3. The molecule has 0 unspecified atom stereocenters. The van der Waals surface area contributed by atoms with Crippen LogP contribution < -0.4 is 19.1 Å². The summed E-state index contributed by atoms with van der Waals surface area (Å²) in [5, 5.41) is -0.331. The first kappa shape index (κ1) is 18.8. The van der Waals surface area contributed by atoms with E-state index in [4.69, 9.17) is 14.2 Å². The van der Waals surface area contributed by atoms with Crippen LogP contribution in [0.5, 0.6) is 17.2 Å². The van der Waals surface area contributed by atoms with Crippen molar-refractivity contribution in [3.8, 4) is 17.2 Å². The molecule has 1 aliphatic rings. The summed E-state index contributed by atoms with van der Waals surface area (Å²) < 4.78 is 16.0. The number of ether oxygens (including phenoxy) is 3. The Balaban J connectivity index is 1.97. The van der Waals surface area contributed by atoms with E-state index in [0.717, 1.165) is 17.3 Å². The van der Waals surface area contributed by atoms with Crippen molar-refractivity contribution in [3.63, 3.8) is 0 Å². The van der Waals surface area contributed by atoms with Crippen LogP contribution in [0.2, 0.25) is 0 Å². The van der Waals surface area contributed by atoms with E-state index in [9.17, 15) is 9.59 Å². The first-order valence-electron chi connectivity index (χ1n) is 8.13. The Kier molecular flexibility index (Phi) is 5.41. The number of rotatable bonds is 5. The largest absolute Gasteiger partial charge is 0.493 e. The minimum Gasteiger partial charge on any atom is -0.493 e. The molecule has 0 aliphatic carbocycles. The molecule has 0 radical (unpaired) electrons. The summed E-state index contributed by atoms with van der Waals surface area (Å²) >= 11 is 0.898. The molecule has 27 heavy (non-hydrogen) atoms. The van der Waals surface area contributed by atoms with Gasteiger partial charge in [0.2, 0.25) is 5.75 Å². The number of hydrogen-bond acceptors (Lipinski definition) is 6. The number of nitrogens with zero attached hydrogens (tertiary/aromatic N) is 1. The lowest BCUT2D eigenvalue weighted by atomic mass is 10.1. The lowest BCUT2D eigenvalue weighted by molar-refractivity contribution is -0.113. The van der Waals surface area contributed by atoms with Gasteiger partial charge >= 0.3 is 0 Å². The van der Waals surface area contributed by atoms with Crippen molar-refractivity contribution >= 4 is 34.7 Å². The highest BCUT2D eigenvalue weighted by Crippen LogP contribution is 2.41. The number of imide groups is 1. The fourth-order valence-corrected chi connectivity index (χ4v) is 3.56. The van der Waals surface area contributed by atoms with E-state index in [1.807, 2.05) is 19.1 Å². The van der Waals surface area contributed by atoms with Gasteiger partial charge in [0.25, 0.3) is 11.1 Å². The maximum Gasteiger partial charge on any atom is 0.298 e. The van der Waals surface area contributed by atoms with E-state index in [-0.39, 0.29) is 11.1 Å². The van der Waals surface area contributed by atoms with Crippen LogP contribution in [0.15, 0.2) is 41.3 Å². The highest BCUT2D eigenvalue weighted by Gasteiger charge is 2.36. The van der Waals surface area contributed by atoms with Crippen molar-refractivity contribution in [3.05, 3.63) is 52.4 Å². The zero-order valence-electron chi connectivity index (χ0n) is 15.4. The third-order valence-corrected chi connectivity index (χ3v) is 4.94. The van der Waals surface area contributed by atoms with Gasteiger partial charge in [0.15, 0.2) is 11.5 Å². The Hall–Kier alpha value is -2.93. The average Bonchev–Trinajstić information content (AvgIpc) is 2.95. The Morgan fingerprint density at radius 3 is 2.04 bits per heavy atom. The fraction of sp³-hybridized carbons (Fsp3) is 0.200. The molecule has 7 heteroatoms. The normalized spacial score (nSPS) is 15.4. The Morgan fingerprint density at radius 2 is 1.52 bits per heavy atom. The van der Waals surface area contributed by atoms with Gasteiger partial charge in [-0.1, -0.05) is 17.7 Å². The van der Waals surface area contributed by atoms with Gasteiger partial charge in [0.05, 0.1) is 31.9 Å². The molecular weight excluding hydrogens is 366 g/mol. The predicted molar refractivity (Wildman–Crippen MR) is 106 cm³/mol. The number of carbonyl (C=O) groups is 2. The third-order valence-electron chi connectivity index (χ3n) is 4.07. The van der Waals surface area contributed by atoms with Crippen molar-refractivity contribution in [2.45, 2.75) is 6.92 Å². The summed E-state index contributed by atoms with van der Waals surface area (Å²) in [5.74, 6) is 1.05. The van der Waals surface area contributed by atoms with E-state index in [0.29, 0.717) is 33.4 Å². The van der Waals surface area contributed by atoms with Gasteiger partial charge in [-0.2, -0.15) is 0 Å². The molecule has 0 atom stereocenters. The van der Waals surface area contributed by atoms with Crippen molar-refractivity contribution in [2.24, 2.45) is 0 Å². The second kappa shape index (κ2) is 7.75. The number of thioether (sulfide) groups is 1. The molecular formula is C20H19NO5S. The van der Waals surface area contributed by atoms with Crippen LogP contribution in [0.25, 0.3) is 6.08 Å². The topological polar surface area (TPSA) is 65.1 Å². The van der Waals surface area contributed by atoms with E-state index in [1.165, 1.54) is 26.2 Å². The summed E-state index contributed by atoms with van der Waals surface area (Å²) in [4.78, 5) is 26.6. The van der Waals surface area contributed by atoms with Crippen LogP contribution in [0.4, 0.5) is 10.5 Å². The molecule has 2 aromatic carbocycles. The Morgan fingerprint density at radius 1 is 0.926 bits per heavy atom. The number of methoxy groups -OCH3 is 3. The van der Waals surface area contributed by atoms with Crippen molar-refractivity contribution in [1.29, 1.82) is 0 Å². The minimum absolute atomic E-state index is 0.329. The number of hydrogen-bond donors (Lipinski definition) is 0. The molecule has 6 nitrogen and oxygen atoms in total. The van der Waals surface area contributed by atoms with Gasteiger partial charge in [0, 0.05) is 0 Å². The second-order valence-electron chi connectivity index (χ2n) is 5.81. The third kappa shape index (κ3) is 3.64. The minimum atomic E-state index is -0.359. The smallest absolute Gasteiger partial charge is 0.298 e. The molecule has 1 aliphatic heterocycles. The number of carbonyl (C=O) groups excluding carboxylic acids is 2. The van der Waals surface area contributed by atoms with Crippen molar-refractivity contribution in [2.75, 3.05) is 26.2 Å². The average molecular weight is 385 g/mol. The monoisotopic (exact) mass is 385 g/mol. The summed E-state index contributed by atoms with van der Waals surface area (Å²) in [6, 6.07) is 10.7. The molecule has 2 aromatic rings.